The monoisotopic (exact) mass is 274 g/mol. The quantitative estimate of drug-likeness (QED) is 0.818. The van der Waals surface area contributed by atoms with Crippen molar-refractivity contribution in [3.8, 4) is 0 Å². The molecule has 0 aliphatic carbocycles. The van der Waals surface area contributed by atoms with Gasteiger partial charge in [-0.3, -0.25) is 0 Å². The third-order valence-corrected chi connectivity index (χ3v) is 4.80. The molecule has 1 aliphatic heterocycles. The highest BCUT2D eigenvalue weighted by Crippen LogP contribution is 2.27. The van der Waals surface area contributed by atoms with E-state index in [0.717, 1.165) is 18.4 Å². The van der Waals surface area contributed by atoms with Crippen LogP contribution in [-0.4, -0.2) is 37.1 Å². The maximum atomic E-state index is 3.67. The zero-order valence-corrected chi connectivity index (χ0v) is 13.3. The van der Waals surface area contributed by atoms with Crippen molar-refractivity contribution < 1.29 is 0 Å². The van der Waals surface area contributed by atoms with Crippen LogP contribution in [0.5, 0.6) is 0 Å². The normalized spacial score (nSPS) is 22.9. The van der Waals surface area contributed by atoms with Gasteiger partial charge in [-0.05, 0) is 36.9 Å². The van der Waals surface area contributed by atoms with E-state index in [1.807, 2.05) is 0 Å². The third-order valence-electron chi connectivity index (χ3n) is 4.80. The van der Waals surface area contributed by atoms with Crippen molar-refractivity contribution >= 4 is 0 Å². The molecule has 1 N–H and O–H groups in total. The fourth-order valence-electron chi connectivity index (χ4n) is 3.27. The first kappa shape index (κ1) is 15.5. The van der Waals surface area contributed by atoms with Gasteiger partial charge in [0.1, 0.15) is 0 Å². The highest BCUT2D eigenvalue weighted by Gasteiger charge is 2.26. The Balaban J connectivity index is 1.88. The van der Waals surface area contributed by atoms with Crippen LogP contribution in [0.25, 0.3) is 0 Å². The van der Waals surface area contributed by atoms with Crippen LogP contribution in [0.15, 0.2) is 30.3 Å². The largest absolute Gasteiger partial charge is 0.313 e. The van der Waals surface area contributed by atoms with Crippen LogP contribution in [0.1, 0.15) is 45.1 Å². The summed E-state index contributed by atoms with van der Waals surface area (Å²) in [6.07, 6.45) is 2.57. The SMILES string of the molecule is CCNC(CN1CCC(c2ccccc2)C1)C(C)CC. The average molecular weight is 274 g/mol. The minimum atomic E-state index is 0.638. The van der Waals surface area contributed by atoms with E-state index in [-0.39, 0.29) is 0 Å². The van der Waals surface area contributed by atoms with Gasteiger partial charge in [0, 0.05) is 19.1 Å². The molecule has 1 aromatic carbocycles. The van der Waals surface area contributed by atoms with Crippen molar-refractivity contribution in [1.29, 1.82) is 0 Å². The number of nitrogens with one attached hydrogen (secondary N) is 1. The molecule has 0 bridgehead atoms. The summed E-state index contributed by atoms with van der Waals surface area (Å²) in [5.74, 6) is 1.49. The highest BCUT2D eigenvalue weighted by molar-refractivity contribution is 5.21. The summed E-state index contributed by atoms with van der Waals surface area (Å²) < 4.78 is 0. The van der Waals surface area contributed by atoms with Crippen molar-refractivity contribution in [2.75, 3.05) is 26.2 Å². The zero-order chi connectivity index (χ0) is 14.4. The van der Waals surface area contributed by atoms with Crippen LogP contribution in [0, 0.1) is 5.92 Å². The molecule has 0 saturated carbocycles. The Kier molecular flexibility index (Phi) is 6.06. The molecule has 3 unspecified atom stereocenters. The second-order valence-corrected chi connectivity index (χ2v) is 6.21. The topological polar surface area (TPSA) is 15.3 Å². The van der Waals surface area contributed by atoms with E-state index < -0.39 is 0 Å². The molecule has 1 fully saturated rings. The second kappa shape index (κ2) is 7.80. The second-order valence-electron chi connectivity index (χ2n) is 6.21. The zero-order valence-electron chi connectivity index (χ0n) is 13.3. The number of likely N-dealkylation sites (N-methyl/N-ethyl adjacent to an activating group) is 1. The van der Waals surface area contributed by atoms with Gasteiger partial charge in [0.15, 0.2) is 0 Å². The summed E-state index contributed by atoms with van der Waals surface area (Å²) >= 11 is 0. The first-order valence-corrected chi connectivity index (χ1v) is 8.25. The predicted octanol–water partition coefficient (Wildman–Crippen LogP) is 3.50. The summed E-state index contributed by atoms with van der Waals surface area (Å²) in [6.45, 7) is 11.6. The van der Waals surface area contributed by atoms with Gasteiger partial charge in [-0.25, -0.2) is 0 Å². The van der Waals surface area contributed by atoms with E-state index >= 15 is 0 Å². The van der Waals surface area contributed by atoms with E-state index in [0.29, 0.717) is 6.04 Å². The predicted molar refractivity (Wildman–Crippen MR) is 87.2 cm³/mol. The molecule has 0 amide bonds. The molecule has 2 heteroatoms. The minimum absolute atomic E-state index is 0.638. The Morgan fingerprint density at radius 2 is 2.00 bits per heavy atom. The van der Waals surface area contributed by atoms with Gasteiger partial charge in [0.25, 0.3) is 0 Å². The lowest BCUT2D eigenvalue weighted by Crippen LogP contribution is -2.44. The Morgan fingerprint density at radius 1 is 1.25 bits per heavy atom. The van der Waals surface area contributed by atoms with Crippen LogP contribution in [0.2, 0.25) is 0 Å². The molecular weight excluding hydrogens is 244 g/mol. The number of rotatable bonds is 7. The molecule has 0 aromatic heterocycles. The Morgan fingerprint density at radius 3 is 2.65 bits per heavy atom. The Labute approximate surface area is 124 Å². The van der Waals surface area contributed by atoms with Gasteiger partial charge in [0.05, 0.1) is 0 Å². The molecule has 1 saturated heterocycles. The summed E-state index contributed by atoms with van der Waals surface area (Å²) in [4.78, 5) is 2.65. The van der Waals surface area contributed by atoms with E-state index in [2.05, 4.69) is 61.3 Å². The van der Waals surface area contributed by atoms with Gasteiger partial charge >= 0.3 is 0 Å². The molecule has 112 valence electrons. The molecule has 0 radical (unpaired) electrons. The highest BCUT2D eigenvalue weighted by atomic mass is 15.2. The molecular formula is C18H30N2. The maximum Gasteiger partial charge on any atom is 0.0220 e. The Hall–Kier alpha value is -0.860. The lowest BCUT2D eigenvalue weighted by molar-refractivity contribution is 0.244. The number of nitrogens with zero attached hydrogens (tertiary/aromatic N) is 1. The molecule has 0 spiro atoms. The van der Waals surface area contributed by atoms with Crippen molar-refractivity contribution in [2.45, 2.75) is 45.6 Å². The number of hydrogen-bond acceptors (Lipinski definition) is 2. The molecule has 2 nitrogen and oxygen atoms in total. The third kappa shape index (κ3) is 4.07. The van der Waals surface area contributed by atoms with Gasteiger partial charge in [-0.15, -0.1) is 0 Å². The number of hydrogen-bond donors (Lipinski definition) is 1. The Bertz CT molecular complexity index is 376. The summed E-state index contributed by atoms with van der Waals surface area (Å²) in [5.41, 5.74) is 1.51. The van der Waals surface area contributed by atoms with Crippen LogP contribution in [-0.2, 0) is 0 Å². The molecule has 1 aliphatic rings. The van der Waals surface area contributed by atoms with Crippen LogP contribution < -0.4 is 5.32 Å². The lowest BCUT2D eigenvalue weighted by Gasteiger charge is -2.28. The van der Waals surface area contributed by atoms with E-state index in [1.165, 1.54) is 38.0 Å². The van der Waals surface area contributed by atoms with Crippen LogP contribution in [0.4, 0.5) is 0 Å². The smallest absolute Gasteiger partial charge is 0.0220 e. The molecule has 1 heterocycles. The van der Waals surface area contributed by atoms with Gasteiger partial charge in [-0.1, -0.05) is 57.5 Å². The van der Waals surface area contributed by atoms with Crippen molar-refractivity contribution in [3.63, 3.8) is 0 Å². The average Bonchev–Trinajstić information content (AvgIpc) is 2.95. The molecule has 20 heavy (non-hydrogen) atoms. The first-order chi connectivity index (χ1) is 9.74. The van der Waals surface area contributed by atoms with Gasteiger partial charge < -0.3 is 10.2 Å². The first-order valence-electron chi connectivity index (χ1n) is 8.25. The number of likely N-dealkylation sites (tertiary alicyclic amines) is 1. The maximum absolute atomic E-state index is 3.67. The van der Waals surface area contributed by atoms with Crippen LogP contribution >= 0.6 is 0 Å². The summed E-state index contributed by atoms with van der Waals surface area (Å²) in [6, 6.07) is 11.6. The van der Waals surface area contributed by atoms with Gasteiger partial charge in [0.2, 0.25) is 0 Å². The van der Waals surface area contributed by atoms with E-state index in [9.17, 15) is 0 Å². The summed E-state index contributed by atoms with van der Waals surface area (Å²) in [7, 11) is 0. The molecule has 2 rings (SSSR count). The van der Waals surface area contributed by atoms with Crippen molar-refractivity contribution in [3.05, 3.63) is 35.9 Å². The van der Waals surface area contributed by atoms with E-state index in [4.69, 9.17) is 0 Å². The lowest BCUT2D eigenvalue weighted by atomic mass is 9.98. The van der Waals surface area contributed by atoms with Gasteiger partial charge in [-0.2, -0.15) is 0 Å². The number of benzene rings is 1. The van der Waals surface area contributed by atoms with Crippen molar-refractivity contribution in [1.82, 2.24) is 10.2 Å². The molecule has 1 aromatic rings. The van der Waals surface area contributed by atoms with Crippen molar-refractivity contribution in [2.24, 2.45) is 5.92 Å². The molecule has 3 atom stereocenters. The van der Waals surface area contributed by atoms with E-state index in [1.54, 1.807) is 0 Å². The fraction of sp³-hybridized carbons (Fsp3) is 0.667. The summed E-state index contributed by atoms with van der Waals surface area (Å²) in [5, 5.41) is 3.67. The minimum Gasteiger partial charge on any atom is -0.313 e. The fourth-order valence-corrected chi connectivity index (χ4v) is 3.27. The standard InChI is InChI=1S/C18H30N2/c1-4-15(3)18(19-5-2)14-20-12-11-17(13-20)16-9-7-6-8-10-16/h6-10,15,17-19H,4-5,11-14H2,1-3H3. The van der Waals surface area contributed by atoms with Crippen LogP contribution in [0.3, 0.4) is 0 Å².